The van der Waals surface area contributed by atoms with Crippen LogP contribution in [-0.4, -0.2) is 21.1 Å². The van der Waals surface area contributed by atoms with Crippen molar-refractivity contribution >= 4 is 27.9 Å². The number of aromatic nitrogens is 2. The standard InChI is InChI=1S/C17H19N3OS/c21-9-13-10-22-17(19-13)15-8-11-4-3-7-14(16(11)20-15)18-12-5-1-2-6-12/h3-4,7-8,10,12,18,20-21H,1-2,5-6,9H2. The van der Waals surface area contributed by atoms with E-state index in [9.17, 15) is 0 Å². The van der Waals surface area contributed by atoms with E-state index < -0.39 is 0 Å². The number of benzene rings is 1. The molecule has 1 saturated carbocycles. The second-order valence-electron chi connectivity index (χ2n) is 5.88. The minimum Gasteiger partial charge on any atom is -0.390 e. The van der Waals surface area contributed by atoms with Gasteiger partial charge in [0.15, 0.2) is 0 Å². The molecule has 114 valence electrons. The monoisotopic (exact) mass is 313 g/mol. The lowest BCUT2D eigenvalue weighted by atomic mass is 10.2. The zero-order chi connectivity index (χ0) is 14.9. The molecule has 3 N–H and O–H groups in total. The van der Waals surface area contributed by atoms with Crippen LogP contribution in [0.3, 0.4) is 0 Å². The van der Waals surface area contributed by atoms with Gasteiger partial charge in [-0.1, -0.05) is 25.0 Å². The summed E-state index contributed by atoms with van der Waals surface area (Å²) in [6.45, 7) is -0.00872. The maximum absolute atomic E-state index is 9.17. The van der Waals surface area contributed by atoms with Crippen molar-refractivity contribution in [2.45, 2.75) is 38.3 Å². The van der Waals surface area contributed by atoms with Gasteiger partial charge in [-0.3, -0.25) is 0 Å². The Balaban J connectivity index is 1.70. The van der Waals surface area contributed by atoms with Crippen molar-refractivity contribution in [3.63, 3.8) is 0 Å². The highest BCUT2D eigenvalue weighted by molar-refractivity contribution is 7.13. The van der Waals surface area contributed by atoms with E-state index in [0.29, 0.717) is 6.04 Å². The SMILES string of the molecule is OCc1csc(-c2cc3cccc(NC4CCCC4)c3[nH]2)n1. The number of aromatic amines is 1. The van der Waals surface area contributed by atoms with Crippen molar-refractivity contribution < 1.29 is 5.11 Å². The van der Waals surface area contributed by atoms with Crippen LogP contribution in [0.2, 0.25) is 0 Å². The third-order valence-corrected chi connectivity index (χ3v) is 5.24. The number of fused-ring (bicyclic) bond motifs is 1. The summed E-state index contributed by atoms with van der Waals surface area (Å²) >= 11 is 1.56. The molecule has 0 aliphatic heterocycles. The quantitative estimate of drug-likeness (QED) is 0.678. The summed E-state index contributed by atoms with van der Waals surface area (Å²) < 4.78 is 0. The van der Waals surface area contributed by atoms with E-state index in [4.69, 9.17) is 5.11 Å². The normalized spacial score (nSPS) is 15.7. The summed E-state index contributed by atoms with van der Waals surface area (Å²) in [7, 11) is 0. The van der Waals surface area contributed by atoms with Gasteiger partial charge in [0, 0.05) is 16.8 Å². The van der Waals surface area contributed by atoms with Crippen molar-refractivity contribution in [3.05, 3.63) is 35.3 Å². The van der Waals surface area contributed by atoms with Gasteiger partial charge in [-0.05, 0) is 25.0 Å². The van der Waals surface area contributed by atoms with Crippen LogP contribution in [0, 0.1) is 0 Å². The predicted molar refractivity (Wildman–Crippen MR) is 91.2 cm³/mol. The van der Waals surface area contributed by atoms with Crippen LogP contribution < -0.4 is 5.32 Å². The summed E-state index contributed by atoms with van der Waals surface area (Å²) in [6.07, 6.45) is 5.17. The van der Waals surface area contributed by atoms with Crippen LogP contribution in [0.25, 0.3) is 21.6 Å². The van der Waals surface area contributed by atoms with E-state index in [1.165, 1.54) is 36.8 Å². The highest BCUT2D eigenvalue weighted by atomic mass is 32.1. The highest BCUT2D eigenvalue weighted by Gasteiger charge is 2.16. The van der Waals surface area contributed by atoms with Gasteiger partial charge < -0.3 is 15.4 Å². The summed E-state index contributed by atoms with van der Waals surface area (Å²) in [5.74, 6) is 0. The lowest BCUT2D eigenvalue weighted by molar-refractivity contribution is 0.278. The molecule has 4 rings (SSSR count). The van der Waals surface area contributed by atoms with Gasteiger partial charge in [0.1, 0.15) is 5.01 Å². The molecule has 0 amide bonds. The third kappa shape index (κ3) is 2.51. The average molecular weight is 313 g/mol. The Labute approximate surface area is 133 Å². The van der Waals surface area contributed by atoms with Crippen LogP contribution in [0.15, 0.2) is 29.6 Å². The number of thiazole rings is 1. The second-order valence-corrected chi connectivity index (χ2v) is 6.74. The minimum absolute atomic E-state index is 0.00872. The Hall–Kier alpha value is -1.85. The fourth-order valence-corrected chi connectivity index (χ4v) is 3.97. The zero-order valence-corrected chi connectivity index (χ0v) is 13.1. The van der Waals surface area contributed by atoms with Gasteiger partial charge in [0.2, 0.25) is 0 Å². The molecule has 4 nitrogen and oxygen atoms in total. The van der Waals surface area contributed by atoms with Crippen molar-refractivity contribution in [2.75, 3.05) is 5.32 Å². The number of nitrogens with zero attached hydrogens (tertiary/aromatic N) is 1. The number of anilines is 1. The fraction of sp³-hybridized carbons (Fsp3) is 0.353. The Bertz CT molecular complexity index is 786. The number of nitrogens with one attached hydrogen (secondary N) is 2. The molecule has 2 heterocycles. The molecule has 1 aromatic carbocycles. The lowest BCUT2D eigenvalue weighted by Gasteiger charge is -2.14. The number of H-pyrrole nitrogens is 1. The van der Waals surface area contributed by atoms with E-state index in [1.54, 1.807) is 11.3 Å². The highest BCUT2D eigenvalue weighted by Crippen LogP contribution is 2.32. The van der Waals surface area contributed by atoms with Crippen LogP contribution >= 0.6 is 11.3 Å². The molecule has 1 aliphatic rings. The van der Waals surface area contributed by atoms with Crippen LogP contribution in [0.5, 0.6) is 0 Å². The Morgan fingerprint density at radius 1 is 1.32 bits per heavy atom. The number of aliphatic hydroxyl groups is 1. The summed E-state index contributed by atoms with van der Waals surface area (Å²) in [5, 5.41) is 16.9. The number of hydrogen-bond donors (Lipinski definition) is 3. The molecule has 3 aromatic rings. The molecule has 0 bridgehead atoms. The smallest absolute Gasteiger partial charge is 0.140 e. The van der Waals surface area contributed by atoms with Gasteiger partial charge in [-0.15, -0.1) is 11.3 Å². The van der Waals surface area contributed by atoms with E-state index in [0.717, 1.165) is 21.9 Å². The maximum Gasteiger partial charge on any atom is 0.140 e. The van der Waals surface area contributed by atoms with Gasteiger partial charge in [0.25, 0.3) is 0 Å². The second kappa shape index (κ2) is 5.74. The molecule has 0 unspecified atom stereocenters. The summed E-state index contributed by atoms with van der Waals surface area (Å²) in [6, 6.07) is 9.09. The average Bonchev–Trinajstić information content (AvgIpc) is 3.27. The van der Waals surface area contributed by atoms with Crippen LogP contribution in [-0.2, 0) is 6.61 Å². The van der Waals surface area contributed by atoms with E-state index in [2.05, 4.69) is 39.6 Å². The predicted octanol–water partition coefficient (Wildman–Crippen LogP) is 4.14. The topological polar surface area (TPSA) is 60.9 Å². The third-order valence-electron chi connectivity index (χ3n) is 4.32. The first-order valence-corrected chi connectivity index (χ1v) is 8.65. The summed E-state index contributed by atoms with van der Waals surface area (Å²) in [5.41, 5.74) is 4.06. The fourth-order valence-electron chi connectivity index (χ4n) is 3.19. The van der Waals surface area contributed by atoms with Crippen molar-refractivity contribution in [1.82, 2.24) is 9.97 Å². The molecule has 1 fully saturated rings. The van der Waals surface area contributed by atoms with E-state index in [1.807, 2.05) is 5.38 Å². The molecular formula is C17H19N3OS. The molecule has 0 saturated heterocycles. The largest absolute Gasteiger partial charge is 0.390 e. The molecule has 2 aromatic heterocycles. The molecular weight excluding hydrogens is 294 g/mol. The zero-order valence-electron chi connectivity index (χ0n) is 12.3. The lowest BCUT2D eigenvalue weighted by Crippen LogP contribution is -2.14. The molecule has 5 heteroatoms. The number of rotatable bonds is 4. The molecule has 1 aliphatic carbocycles. The first kappa shape index (κ1) is 13.8. The van der Waals surface area contributed by atoms with Gasteiger partial charge in [-0.2, -0.15) is 0 Å². The van der Waals surface area contributed by atoms with Crippen LogP contribution in [0.1, 0.15) is 31.4 Å². The molecule has 0 radical (unpaired) electrons. The number of aliphatic hydroxyl groups excluding tert-OH is 1. The number of hydrogen-bond acceptors (Lipinski definition) is 4. The van der Waals surface area contributed by atoms with Crippen molar-refractivity contribution in [2.24, 2.45) is 0 Å². The van der Waals surface area contributed by atoms with Gasteiger partial charge >= 0.3 is 0 Å². The molecule has 22 heavy (non-hydrogen) atoms. The van der Waals surface area contributed by atoms with Crippen molar-refractivity contribution in [3.8, 4) is 10.7 Å². The molecule has 0 spiro atoms. The first-order valence-electron chi connectivity index (χ1n) is 7.77. The van der Waals surface area contributed by atoms with E-state index in [-0.39, 0.29) is 6.61 Å². The number of para-hydroxylation sites is 1. The Kier molecular flexibility index (Phi) is 3.60. The molecule has 0 atom stereocenters. The Morgan fingerprint density at radius 2 is 2.18 bits per heavy atom. The summed E-state index contributed by atoms with van der Waals surface area (Å²) in [4.78, 5) is 7.94. The van der Waals surface area contributed by atoms with E-state index >= 15 is 0 Å². The minimum atomic E-state index is -0.00872. The van der Waals surface area contributed by atoms with Crippen molar-refractivity contribution in [1.29, 1.82) is 0 Å². The Morgan fingerprint density at radius 3 is 2.95 bits per heavy atom. The van der Waals surface area contributed by atoms with Gasteiger partial charge in [-0.25, -0.2) is 4.98 Å². The first-order chi connectivity index (χ1) is 10.8. The van der Waals surface area contributed by atoms with Gasteiger partial charge in [0.05, 0.1) is 29.2 Å². The maximum atomic E-state index is 9.17. The van der Waals surface area contributed by atoms with Crippen LogP contribution in [0.4, 0.5) is 5.69 Å².